The van der Waals surface area contributed by atoms with E-state index in [0.717, 1.165) is 6.54 Å². The van der Waals surface area contributed by atoms with Crippen LogP contribution in [0.4, 0.5) is 0 Å². The quantitative estimate of drug-likeness (QED) is 0.796. The van der Waals surface area contributed by atoms with Crippen molar-refractivity contribution in [1.29, 1.82) is 0 Å². The van der Waals surface area contributed by atoms with Gasteiger partial charge in [0, 0.05) is 18.2 Å². The van der Waals surface area contributed by atoms with E-state index in [2.05, 4.69) is 41.3 Å². The molecule has 0 amide bonds. The van der Waals surface area contributed by atoms with Crippen molar-refractivity contribution < 1.29 is 4.42 Å². The van der Waals surface area contributed by atoms with Gasteiger partial charge in [-0.1, -0.05) is 30.3 Å². The Kier molecular flexibility index (Phi) is 2.97. The van der Waals surface area contributed by atoms with Gasteiger partial charge >= 0.3 is 0 Å². The van der Waals surface area contributed by atoms with Crippen molar-refractivity contribution in [3.05, 3.63) is 60.1 Å². The largest absolute Gasteiger partial charge is 0.472 e. The van der Waals surface area contributed by atoms with Gasteiger partial charge in [-0.2, -0.15) is 0 Å². The lowest BCUT2D eigenvalue weighted by Crippen LogP contribution is -2.22. The third-order valence-electron chi connectivity index (χ3n) is 3.52. The van der Waals surface area contributed by atoms with Gasteiger partial charge in [0.15, 0.2) is 0 Å². The molecule has 1 saturated heterocycles. The van der Waals surface area contributed by atoms with Crippen LogP contribution in [-0.2, 0) is 6.54 Å². The minimum absolute atomic E-state index is 0.536. The van der Waals surface area contributed by atoms with Gasteiger partial charge in [0.1, 0.15) is 0 Å². The zero-order chi connectivity index (χ0) is 11.5. The van der Waals surface area contributed by atoms with Gasteiger partial charge in [0.2, 0.25) is 0 Å². The molecule has 1 aliphatic heterocycles. The van der Waals surface area contributed by atoms with Crippen molar-refractivity contribution in [2.75, 3.05) is 6.54 Å². The summed E-state index contributed by atoms with van der Waals surface area (Å²) in [5.41, 5.74) is 2.71. The highest BCUT2D eigenvalue weighted by molar-refractivity contribution is 5.17. The fourth-order valence-electron chi connectivity index (χ4n) is 2.68. The van der Waals surface area contributed by atoms with Gasteiger partial charge < -0.3 is 4.42 Å². The Balaban J connectivity index is 1.75. The zero-order valence-electron chi connectivity index (χ0n) is 9.88. The molecule has 0 radical (unpaired) electrons. The normalized spacial score (nSPS) is 20.8. The van der Waals surface area contributed by atoms with Crippen molar-refractivity contribution in [3.63, 3.8) is 0 Å². The molecule has 88 valence electrons. The van der Waals surface area contributed by atoms with Crippen molar-refractivity contribution in [1.82, 2.24) is 4.90 Å². The second-order valence-corrected chi connectivity index (χ2v) is 4.67. The molecule has 1 aromatic heterocycles. The van der Waals surface area contributed by atoms with Gasteiger partial charge in [-0.25, -0.2) is 0 Å². The average Bonchev–Trinajstić information content (AvgIpc) is 3.00. The Labute approximate surface area is 102 Å². The molecule has 0 aliphatic carbocycles. The summed E-state index contributed by atoms with van der Waals surface area (Å²) in [7, 11) is 0. The van der Waals surface area contributed by atoms with Crippen LogP contribution in [0, 0.1) is 0 Å². The molecule has 0 unspecified atom stereocenters. The summed E-state index contributed by atoms with van der Waals surface area (Å²) in [4.78, 5) is 2.54. The van der Waals surface area contributed by atoms with Crippen LogP contribution < -0.4 is 0 Å². The van der Waals surface area contributed by atoms with Crippen LogP contribution in [0.25, 0.3) is 0 Å². The molecule has 1 aliphatic rings. The number of hydrogen-bond acceptors (Lipinski definition) is 2. The van der Waals surface area contributed by atoms with Crippen molar-refractivity contribution in [2.24, 2.45) is 0 Å². The van der Waals surface area contributed by atoms with Crippen LogP contribution in [0.15, 0.2) is 53.3 Å². The first kappa shape index (κ1) is 10.6. The fourth-order valence-corrected chi connectivity index (χ4v) is 2.68. The summed E-state index contributed by atoms with van der Waals surface area (Å²) < 4.78 is 5.20. The molecule has 17 heavy (non-hydrogen) atoms. The average molecular weight is 227 g/mol. The molecule has 0 spiro atoms. The molecule has 1 aromatic carbocycles. The van der Waals surface area contributed by atoms with Crippen LogP contribution in [0.2, 0.25) is 0 Å². The first-order valence-corrected chi connectivity index (χ1v) is 6.23. The molecule has 3 rings (SSSR count). The number of benzene rings is 1. The van der Waals surface area contributed by atoms with Gasteiger partial charge in [-0.3, -0.25) is 4.90 Å². The van der Waals surface area contributed by atoms with Gasteiger partial charge in [-0.05, 0) is 31.0 Å². The minimum atomic E-state index is 0.536. The number of likely N-dealkylation sites (tertiary alicyclic amines) is 1. The zero-order valence-corrected chi connectivity index (χ0v) is 9.88. The molecule has 1 atom stereocenters. The summed E-state index contributed by atoms with van der Waals surface area (Å²) >= 11 is 0. The molecule has 0 bridgehead atoms. The lowest BCUT2D eigenvalue weighted by atomic mass is 10.1. The second-order valence-electron chi connectivity index (χ2n) is 4.67. The molecule has 2 heterocycles. The minimum Gasteiger partial charge on any atom is -0.472 e. The van der Waals surface area contributed by atoms with Crippen LogP contribution in [-0.4, -0.2) is 11.4 Å². The molecule has 0 N–H and O–H groups in total. The summed E-state index contributed by atoms with van der Waals surface area (Å²) in [6.45, 7) is 2.22. The first-order valence-electron chi connectivity index (χ1n) is 6.23. The molecular weight excluding hydrogens is 210 g/mol. The van der Waals surface area contributed by atoms with E-state index < -0.39 is 0 Å². The van der Waals surface area contributed by atoms with Crippen LogP contribution in [0.3, 0.4) is 0 Å². The number of rotatable bonds is 3. The van der Waals surface area contributed by atoms with Crippen molar-refractivity contribution in [3.8, 4) is 0 Å². The smallest absolute Gasteiger partial charge is 0.0950 e. The van der Waals surface area contributed by atoms with Gasteiger partial charge in [0.25, 0.3) is 0 Å². The van der Waals surface area contributed by atoms with Gasteiger partial charge in [0.05, 0.1) is 12.5 Å². The third-order valence-corrected chi connectivity index (χ3v) is 3.52. The highest BCUT2D eigenvalue weighted by Crippen LogP contribution is 2.33. The predicted octanol–water partition coefficient (Wildman–Crippen LogP) is 3.62. The fraction of sp³-hybridized carbons (Fsp3) is 0.333. The highest BCUT2D eigenvalue weighted by atomic mass is 16.3. The first-order chi connectivity index (χ1) is 8.43. The Hall–Kier alpha value is -1.54. The van der Waals surface area contributed by atoms with E-state index in [1.54, 1.807) is 6.26 Å². The van der Waals surface area contributed by atoms with Gasteiger partial charge in [-0.15, -0.1) is 0 Å². The Morgan fingerprint density at radius 2 is 2.06 bits per heavy atom. The summed E-state index contributed by atoms with van der Waals surface area (Å²) in [6, 6.07) is 13.3. The van der Waals surface area contributed by atoms with Crippen molar-refractivity contribution >= 4 is 0 Å². The van der Waals surface area contributed by atoms with Crippen molar-refractivity contribution in [2.45, 2.75) is 25.4 Å². The maximum atomic E-state index is 5.20. The topological polar surface area (TPSA) is 16.4 Å². The molecular formula is C15H17NO. The molecule has 0 saturated carbocycles. The molecule has 2 heteroatoms. The molecule has 2 nitrogen and oxygen atoms in total. The number of nitrogens with zero attached hydrogens (tertiary/aromatic N) is 1. The summed E-state index contributed by atoms with van der Waals surface area (Å²) in [6.07, 6.45) is 6.18. The highest BCUT2D eigenvalue weighted by Gasteiger charge is 2.26. The van der Waals surface area contributed by atoms with E-state index in [0.29, 0.717) is 6.04 Å². The van der Waals surface area contributed by atoms with E-state index in [1.807, 2.05) is 6.26 Å². The Bertz CT molecular complexity index is 449. The maximum Gasteiger partial charge on any atom is 0.0950 e. The third kappa shape index (κ3) is 2.27. The SMILES string of the molecule is c1ccc(CN2CCC[C@H]2c2ccoc2)cc1. The van der Waals surface area contributed by atoms with E-state index in [-0.39, 0.29) is 0 Å². The molecule has 1 fully saturated rings. The second kappa shape index (κ2) is 4.76. The monoisotopic (exact) mass is 227 g/mol. The van der Waals surface area contributed by atoms with Crippen LogP contribution in [0.1, 0.15) is 30.0 Å². The standard InChI is InChI=1S/C15H17NO/c1-2-5-13(6-3-1)11-16-9-4-7-15(16)14-8-10-17-12-14/h1-3,5-6,8,10,12,15H,4,7,9,11H2/t15-/m0/s1. The van der Waals surface area contributed by atoms with Crippen LogP contribution >= 0.6 is 0 Å². The maximum absolute atomic E-state index is 5.20. The van der Waals surface area contributed by atoms with E-state index in [4.69, 9.17) is 4.42 Å². The summed E-state index contributed by atoms with van der Waals surface area (Å²) in [5, 5.41) is 0. The predicted molar refractivity (Wildman–Crippen MR) is 67.5 cm³/mol. The lowest BCUT2D eigenvalue weighted by Gasteiger charge is -2.23. The Morgan fingerprint density at radius 3 is 2.82 bits per heavy atom. The van der Waals surface area contributed by atoms with E-state index in [9.17, 15) is 0 Å². The van der Waals surface area contributed by atoms with E-state index >= 15 is 0 Å². The Morgan fingerprint density at radius 1 is 1.18 bits per heavy atom. The van der Waals surface area contributed by atoms with Crippen LogP contribution in [0.5, 0.6) is 0 Å². The lowest BCUT2D eigenvalue weighted by molar-refractivity contribution is 0.247. The number of furan rings is 1. The molecule has 2 aromatic rings. The van der Waals surface area contributed by atoms with E-state index in [1.165, 1.54) is 30.5 Å². The number of hydrogen-bond donors (Lipinski definition) is 0. The summed E-state index contributed by atoms with van der Waals surface area (Å²) in [5.74, 6) is 0.